The van der Waals surface area contributed by atoms with Crippen LogP contribution in [-0.2, 0) is 65.4 Å². The molecule has 0 saturated heterocycles. The number of carbonyl (C=O) groups is 4. The Labute approximate surface area is 619 Å². The molecule has 19 heteroatoms. The zero-order chi connectivity index (χ0) is 74.6. The van der Waals surface area contributed by atoms with Crippen molar-refractivity contribution in [3.63, 3.8) is 0 Å². The van der Waals surface area contributed by atoms with E-state index in [1.807, 2.05) is 0 Å². The first kappa shape index (κ1) is 99.1. The molecule has 0 aliphatic heterocycles. The van der Waals surface area contributed by atoms with E-state index in [9.17, 15) is 43.2 Å². The molecule has 0 aromatic rings. The highest BCUT2D eigenvalue weighted by Crippen LogP contribution is 2.45. The molecule has 600 valence electrons. The molecule has 3 N–H and O–H groups in total. The number of hydrogen-bond donors (Lipinski definition) is 3. The van der Waals surface area contributed by atoms with Crippen LogP contribution in [0.3, 0.4) is 0 Å². The fraction of sp³-hybridized carbons (Fsp3) is 0.951. The van der Waals surface area contributed by atoms with Crippen LogP contribution in [0.1, 0.15) is 421 Å². The molecule has 0 bridgehead atoms. The van der Waals surface area contributed by atoms with Gasteiger partial charge in [-0.3, -0.25) is 37.3 Å². The normalized spacial score (nSPS) is 14.0. The second-order valence-corrected chi connectivity index (χ2v) is 34.3. The van der Waals surface area contributed by atoms with Crippen LogP contribution in [0.15, 0.2) is 0 Å². The Bertz CT molecular complexity index is 1970. The lowest BCUT2D eigenvalue weighted by atomic mass is 10.0. The van der Waals surface area contributed by atoms with E-state index in [0.717, 1.165) is 114 Å². The number of hydrogen-bond acceptors (Lipinski definition) is 15. The number of aliphatic hydroxyl groups is 1. The van der Waals surface area contributed by atoms with Crippen LogP contribution in [0, 0.1) is 23.7 Å². The fourth-order valence-electron chi connectivity index (χ4n) is 12.6. The third kappa shape index (κ3) is 76.1. The van der Waals surface area contributed by atoms with Crippen LogP contribution in [-0.4, -0.2) is 96.7 Å². The van der Waals surface area contributed by atoms with Gasteiger partial charge in [-0.2, -0.15) is 0 Å². The van der Waals surface area contributed by atoms with Gasteiger partial charge in [-0.25, -0.2) is 9.13 Å². The number of ether oxygens (including phenoxy) is 4. The van der Waals surface area contributed by atoms with Crippen molar-refractivity contribution in [1.82, 2.24) is 0 Å². The number of unbranched alkanes of at least 4 members (excludes halogenated alkanes) is 45. The van der Waals surface area contributed by atoms with Gasteiger partial charge in [0, 0.05) is 25.7 Å². The molecule has 0 heterocycles. The number of carbonyl (C=O) groups excluding carboxylic acids is 4. The average molecular weight is 1480 g/mol. The van der Waals surface area contributed by atoms with Gasteiger partial charge >= 0.3 is 39.5 Å². The highest BCUT2D eigenvalue weighted by Gasteiger charge is 2.30. The maximum atomic E-state index is 13.1. The minimum atomic E-state index is -4.96. The lowest BCUT2D eigenvalue weighted by Crippen LogP contribution is -2.30. The molecule has 5 atom stereocenters. The maximum Gasteiger partial charge on any atom is 0.472 e. The Kier molecular flexibility index (Phi) is 69.6. The minimum Gasteiger partial charge on any atom is -0.462 e. The molecule has 0 aliphatic carbocycles. The summed E-state index contributed by atoms with van der Waals surface area (Å²) in [5.74, 6) is 0.959. The van der Waals surface area contributed by atoms with Crippen molar-refractivity contribution < 1.29 is 80.2 Å². The zero-order valence-corrected chi connectivity index (χ0v) is 68.3. The monoisotopic (exact) mass is 1480 g/mol. The Balaban J connectivity index is 5.22. The van der Waals surface area contributed by atoms with Crippen LogP contribution in [0.25, 0.3) is 0 Å². The van der Waals surface area contributed by atoms with E-state index in [4.69, 9.17) is 37.0 Å². The van der Waals surface area contributed by atoms with Crippen LogP contribution in [0.5, 0.6) is 0 Å². The zero-order valence-electron chi connectivity index (χ0n) is 66.5. The number of phosphoric ester groups is 2. The van der Waals surface area contributed by atoms with Gasteiger partial charge in [-0.15, -0.1) is 0 Å². The molecule has 0 aliphatic rings. The Morgan fingerprint density at radius 1 is 0.248 bits per heavy atom. The molecule has 101 heavy (non-hydrogen) atoms. The summed E-state index contributed by atoms with van der Waals surface area (Å²) in [6, 6.07) is 0. The van der Waals surface area contributed by atoms with E-state index in [0.29, 0.717) is 31.6 Å². The van der Waals surface area contributed by atoms with Gasteiger partial charge in [0.25, 0.3) is 0 Å². The number of esters is 4. The molecule has 0 amide bonds. The topological polar surface area (TPSA) is 237 Å². The van der Waals surface area contributed by atoms with Gasteiger partial charge < -0.3 is 33.8 Å². The summed E-state index contributed by atoms with van der Waals surface area (Å²) in [5.41, 5.74) is 0. The highest BCUT2D eigenvalue weighted by molar-refractivity contribution is 7.47. The van der Waals surface area contributed by atoms with Crippen LogP contribution in [0.2, 0.25) is 0 Å². The number of aliphatic hydroxyl groups excluding tert-OH is 1. The largest absolute Gasteiger partial charge is 0.472 e. The molecular formula is C82H160O17P2. The van der Waals surface area contributed by atoms with Crippen molar-refractivity contribution in [2.75, 3.05) is 39.6 Å². The molecule has 3 unspecified atom stereocenters. The van der Waals surface area contributed by atoms with Gasteiger partial charge in [0.15, 0.2) is 12.2 Å². The third-order valence-electron chi connectivity index (χ3n) is 19.1. The van der Waals surface area contributed by atoms with Crippen LogP contribution in [0.4, 0.5) is 0 Å². The second-order valence-electron chi connectivity index (χ2n) is 31.4. The van der Waals surface area contributed by atoms with Crippen molar-refractivity contribution in [2.24, 2.45) is 23.7 Å². The molecular weight excluding hydrogens is 1320 g/mol. The second kappa shape index (κ2) is 71.0. The van der Waals surface area contributed by atoms with E-state index >= 15 is 0 Å². The number of phosphoric acid groups is 2. The van der Waals surface area contributed by atoms with E-state index in [-0.39, 0.29) is 25.7 Å². The standard InChI is InChI=1S/C82H160O17P2/c1-72(2)58-50-42-34-28-22-16-12-9-10-14-18-26-32-38-48-56-64-81(86)98-77(68-92-79(84)62-54-46-37-31-25-21-20-24-30-36-44-52-60-74(5)6)70-96-100(88,89)94-66-76(83)67-95-101(90,91)97-71-78(69-93-80(85)63-55-47-41-40-45-53-61-75(7)8)99-82(87)65-57-49-39-33-27-19-15-11-13-17-23-29-35-43-51-59-73(3)4/h72-78,83H,9-71H2,1-8H3,(H,88,89)(H,90,91)/t76?,77-,78-/m1/s1. The lowest BCUT2D eigenvalue weighted by Gasteiger charge is -2.21. The SMILES string of the molecule is CC(C)CCCCCCCCCCCCCCCCCCC(=O)O[C@H](COC(=O)CCCCCCCCCCCCCCC(C)C)COP(=O)(O)OCC(O)COP(=O)(O)OC[C@@H](COC(=O)CCCCCCCCC(C)C)OC(=O)CCCCCCCCCCCCCCCCCC(C)C. The summed E-state index contributed by atoms with van der Waals surface area (Å²) in [7, 11) is -9.92. The first-order chi connectivity index (χ1) is 48.6. The number of rotatable bonds is 79. The van der Waals surface area contributed by atoms with Crippen molar-refractivity contribution in [3.05, 3.63) is 0 Å². The van der Waals surface area contributed by atoms with Gasteiger partial charge in [0.1, 0.15) is 19.3 Å². The maximum absolute atomic E-state index is 13.1. The molecule has 0 saturated carbocycles. The van der Waals surface area contributed by atoms with E-state index in [1.165, 1.54) is 218 Å². The summed E-state index contributed by atoms with van der Waals surface area (Å²) in [4.78, 5) is 73.0. The first-order valence-electron chi connectivity index (χ1n) is 42.2. The van der Waals surface area contributed by atoms with Gasteiger partial charge in [0.05, 0.1) is 26.4 Å². The quantitative estimate of drug-likeness (QED) is 0.0222. The summed E-state index contributed by atoms with van der Waals surface area (Å²) in [6.07, 6.45) is 58.4. The van der Waals surface area contributed by atoms with E-state index in [2.05, 4.69) is 55.4 Å². The summed E-state index contributed by atoms with van der Waals surface area (Å²) < 4.78 is 68.7. The summed E-state index contributed by atoms with van der Waals surface area (Å²) in [5, 5.41) is 10.6. The molecule has 0 rings (SSSR count). The van der Waals surface area contributed by atoms with Gasteiger partial charge in [0.2, 0.25) is 0 Å². The minimum absolute atomic E-state index is 0.106. The Hall–Kier alpha value is -1.94. The molecule has 0 fully saturated rings. The molecule has 17 nitrogen and oxygen atoms in total. The van der Waals surface area contributed by atoms with E-state index < -0.39 is 97.5 Å². The smallest absolute Gasteiger partial charge is 0.462 e. The highest BCUT2D eigenvalue weighted by atomic mass is 31.2. The van der Waals surface area contributed by atoms with Crippen LogP contribution >= 0.6 is 15.6 Å². The molecule has 0 aromatic carbocycles. The van der Waals surface area contributed by atoms with Crippen molar-refractivity contribution in [3.8, 4) is 0 Å². The van der Waals surface area contributed by atoms with Gasteiger partial charge in [-0.05, 0) is 49.4 Å². The predicted octanol–water partition coefficient (Wildman–Crippen LogP) is 24.4. The van der Waals surface area contributed by atoms with Crippen molar-refractivity contribution in [1.29, 1.82) is 0 Å². The lowest BCUT2D eigenvalue weighted by molar-refractivity contribution is -0.161. The fourth-order valence-corrected chi connectivity index (χ4v) is 14.2. The molecule has 0 spiro atoms. The van der Waals surface area contributed by atoms with Crippen LogP contribution < -0.4 is 0 Å². The predicted molar refractivity (Wildman–Crippen MR) is 414 cm³/mol. The Morgan fingerprint density at radius 3 is 0.614 bits per heavy atom. The Morgan fingerprint density at radius 2 is 0.416 bits per heavy atom. The summed E-state index contributed by atoms with van der Waals surface area (Å²) in [6.45, 7) is 14.2. The summed E-state index contributed by atoms with van der Waals surface area (Å²) >= 11 is 0. The van der Waals surface area contributed by atoms with E-state index in [1.54, 1.807) is 0 Å². The first-order valence-corrected chi connectivity index (χ1v) is 45.2. The average Bonchev–Trinajstić information content (AvgIpc) is 0.972. The third-order valence-corrected chi connectivity index (χ3v) is 21.0. The van der Waals surface area contributed by atoms with Gasteiger partial charge in [-0.1, -0.05) is 370 Å². The molecule has 0 radical (unpaired) electrons. The molecule has 0 aromatic heterocycles. The van der Waals surface area contributed by atoms with Crippen molar-refractivity contribution in [2.45, 2.75) is 440 Å². The van der Waals surface area contributed by atoms with Crippen molar-refractivity contribution >= 4 is 39.5 Å².